The highest BCUT2D eigenvalue weighted by atomic mass is 35.5. The van der Waals surface area contributed by atoms with Crippen LogP contribution in [-0.4, -0.2) is 14.8 Å². The molecule has 0 aliphatic rings. The van der Waals surface area contributed by atoms with Gasteiger partial charge in [0.25, 0.3) is 0 Å². The van der Waals surface area contributed by atoms with E-state index in [4.69, 9.17) is 11.6 Å². The highest BCUT2D eigenvalue weighted by molar-refractivity contribution is 6.34. The van der Waals surface area contributed by atoms with Crippen LogP contribution in [0.3, 0.4) is 0 Å². The monoisotopic (exact) mass is 416 g/mol. The summed E-state index contributed by atoms with van der Waals surface area (Å²) < 4.78 is 40.7. The first-order valence-corrected chi connectivity index (χ1v) is 9.23. The number of anilines is 1. The number of hydrogen-bond donors (Lipinski definition) is 1. The summed E-state index contributed by atoms with van der Waals surface area (Å²) in [6, 6.07) is 11.5. The van der Waals surface area contributed by atoms with Gasteiger partial charge in [0, 0.05) is 28.9 Å². The lowest BCUT2D eigenvalue weighted by atomic mass is 10.0. The van der Waals surface area contributed by atoms with Crippen molar-refractivity contribution in [3.63, 3.8) is 0 Å². The van der Waals surface area contributed by atoms with Crippen LogP contribution in [0.25, 0.3) is 22.0 Å². The van der Waals surface area contributed by atoms with Gasteiger partial charge in [0.05, 0.1) is 28.5 Å². The van der Waals surface area contributed by atoms with Gasteiger partial charge >= 0.3 is 6.55 Å². The van der Waals surface area contributed by atoms with E-state index in [0.717, 1.165) is 10.9 Å². The maximum Gasteiger partial charge on any atom is 0.333 e. The Morgan fingerprint density at radius 1 is 1.07 bits per heavy atom. The highest BCUT2D eigenvalue weighted by Crippen LogP contribution is 2.34. The molecule has 2 aromatic heterocycles. The zero-order valence-electron chi connectivity index (χ0n) is 15.3. The number of nitrogens with zero attached hydrogens (tertiary/aromatic N) is 3. The van der Waals surface area contributed by atoms with E-state index < -0.39 is 18.4 Å². The molecule has 4 aromatic rings. The summed E-state index contributed by atoms with van der Waals surface area (Å²) in [7, 11) is 0. The molecule has 0 aliphatic carbocycles. The van der Waals surface area contributed by atoms with Crippen molar-refractivity contribution < 1.29 is 13.2 Å². The van der Waals surface area contributed by atoms with Gasteiger partial charge in [0.1, 0.15) is 5.82 Å². The summed E-state index contributed by atoms with van der Waals surface area (Å²) in [5.74, 6) is -0.413. The van der Waals surface area contributed by atoms with Gasteiger partial charge in [-0.05, 0) is 30.7 Å². The van der Waals surface area contributed by atoms with Crippen LogP contribution in [0.15, 0.2) is 61.1 Å². The number of halogens is 4. The molecule has 0 aliphatic heterocycles. The Balaban J connectivity index is 1.69. The summed E-state index contributed by atoms with van der Waals surface area (Å²) in [5, 5.41) is 8.14. The van der Waals surface area contributed by atoms with Gasteiger partial charge in [-0.15, -0.1) is 0 Å². The molecule has 1 N–H and O–H groups in total. The van der Waals surface area contributed by atoms with Crippen LogP contribution in [0, 0.1) is 5.82 Å². The molecule has 0 spiro atoms. The molecule has 0 saturated heterocycles. The first-order valence-electron chi connectivity index (χ1n) is 8.86. The predicted octanol–water partition coefficient (Wildman–Crippen LogP) is 6.46. The Bertz CT molecular complexity index is 1180. The number of nitrogens with one attached hydrogen (secondary N) is 1. The fourth-order valence-corrected chi connectivity index (χ4v) is 3.41. The summed E-state index contributed by atoms with van der Waals surface area (Å²) in [4.78, 5) is 4.29. The number of aromatic nitrogens is 3. The average molecular weight is 417 g/mol. The fraction of sp³-hybridized carbons (Fsp3) is 0.143. The number of fused-ring (bicyclic) bond motifs is 1. The van der Waals surface area contributed by atoms with Crippen molar-refractivity contribution in [3.8, 4) is 11.1 Å². The molecule has 0 fully saturated rings. The number of alkyl halides is 2. The maximum absolute atomic E-state index is 14.6. The third kappa shape index (κ3) is 3.78. The molecule has 29 heavy (non-hydrogen) atoms. The molecule has 0 radical (unpaired) electrons. The summed E-state index contributed by atoms with van der Waals surface area (Å²) in [6.45, 7) is -0.928. The van der Waals surface area contributed by atoms with Gasteiger partial charge in [-0.25, -0.2) is 9.07 Å². The quantitative estimate of drug-likeness (QED) is 0.406. The topological polar surface area (TPSA) is 42.7 Å². The van der Waals surface area contributed by atoms with E-state index in [2.05, 4.69) is 15.4 Å². The molecular weight excluding hydrogens is 401 g/mol. The van der Waals surface area contributed by atoms with Crippen LogP contribution in [-0.2, 0) is 0 Å². The van der Waals surface area contributed by atoms with E-state index in [9.17, 15) is 13.2 Å². The lowest BCUT2D eigenvalue weighted by Gasteiger charge is -2.19. The smallest absolute Gasteiger partial charge is 0.333 e. The van der Waals surface area contributed by atoms with Gasteiger partial charge in [0.2, 0.25) is 0 Å². The van der Waals surface area contributed by atoms with Crippen molar-refractivity contribution in [2.45, 2.75) is 19.5 Å². The van der Waals surface area contributed by atoms with E-state index in [1.165, 1.54) is 24.5 Å². The fourth-order valence-electron chi connectivity index (χ4n) is 3.21. The first kappa shape index (κ1) is 19.3. The standard InChI is InChI=1S/C21H16ClF3N4/c1-12(28-20-15-4-2-3-5-19(15)26-10-17(20)22)16-8-13(6-7-18(16)23)14-9-27-29(11-14)21(24)25/h2-12,21H,1H3,(H,26,28)/t12-/m1/s1. The van der Waals surface area contributed by atoms with Crippen LogP contribution in [0.4, 0.5) is 18.9 Å². The summed E-state index contributed by atoms with van der Waals surface area (Å²) >= 11 is 6.33. The van der Waals surface area contributed by atoms with Crippen molar-refractivity contribution in [2.75, 3.05) is 5.32 Å². The molecule has 148 valence electrons. The van der Waals surface area contributed by atoms with Crippen LogP contribution in [0.2, 0.25) is 5.02 Å². The largest absolute Gasteiger partial charge is 0.377 e. The van der Waals surface area contributed by atoms with Crippen LogP contribution >= 0.6 is 11.6 Å². The van der Waals surface area contributed by atoms with Crippen molar-refractivity contribution in [1.82, 2.24) is 14.8 Å². The number of pyridine rings is 1. The molecule has 1 atom stereocenters. The van der Waals surface area contributed by atoms with Gasteiger partial charge in [-0.1, -0.05) is 35.9 Å². The highest BCUT2D eigenvalue weighted by Gasteiger charge is 2.17. The van der Waals surface area contributed by atoms with E-state index in [0.29, 0.717) is 32.1 Å². The zero-order chi connectivity index (χ0) is 20.5. The van der Waals surface area contributed by atoms with Gasteiger partial charge < -0.3 is 5.32 Å². The minimum atomic E-state index is -2.73. The minimum Gasteiger partial charge on any atom is -0.377 e. The van der Waals surface area contributed by atoms with Gasteiger partial charge in [-0.3, -0.25) is 4.98 Å². The number of benzene rings is 2. The van der Waals surface area contributed by atoms with E-state index >= 15 is 0 Å². The second-order valence-electron chi connectivity index (χ2n) is 6.59. The Hall–Kier alpha value is -3.06. The van der Waals surface area contributed by atoms with Crippen molar-refractivity contribution in [1.29, 1.82) is 0 Å². The van der Waals surface area contributed by atoms with Gasteiger partial charge in [-0.2, -0.15) is 13.9 Å². The van der Waals surface area contributed by atoms with E-state index in [1.807, 2.05) is 24.3 Å². The third-order valence-electron chi connectivity index (χ3n) is 4.69. The second-order valence-corrected chi connectivity index (χ2v) is 6.99. The molecule has 0 unspecified atom stereocenters. The van der Waals surface area contributed by atoms with Crippen LogP contribution in [0.1, 0.15) is 25.1 Å². The Morgan fingerprint density at radius 2 is 1.86 bits per heavy atom. The number of hydrogen-bond acceptors (Lipinski definition) is 3. The molecule has 0 bridgehead atoms. The Kier molecular flexibility index (Phi) is 5.15. The lowest BCUT2D eigenvalue weighted by Crippen LogP contribution is -2.10. The zero-order valence-corrected chi connectivity index (χ0v) is 16.0. The van der Waals surface area contributed by atoms with Crippen molar-refractivity contribution in [3.05, 3.63) is 77.5 Å². The third-order valence-corrected chi connectivity index (χ3v) is 4.97. The van der Waals surface area contributed by atoms with E-state index in [1.54, 1.807) is 19.2 Å². The maximum atomic E-state index is 14.6. The summed E-state index contributed by atoms with van der Waals surface area (Å²) in [6.07, 6.45) is 4.10. The minimum absolute atomic E-state index is 0.379. The first-order chi connectivity index (χ1) is 13.9. The van der Waals surface area contributed by atoms with Crippen molar-refractivity contribution >= 4 is 28.2 Å². The molecular formula is C21H16ClF3N4. The summed E-state index contributed by atoms with van der Waals surface area (Å²) in [5.41, 5.74) is 2.86. The van der Waals surface area contributed by atoms with E-state index in [-0.39, 0.29) is 0 Å². The van der Waals surface area contributed by atoms with Crippen LogP contribution < -0.4 is 5.32 Å². The van der Waals surface area contributed by atoms with Gasteiger partial charge in [0.15, 0.2) is 0 Å². The molecule has 4 rings (SSSR count). The second kappa shape index (κ2) is 7.75. The normalized spacial score (nSPS) is 12.5. The average Bonchev–Trinajstić information content (AvgIpc) is 3.21. The Labute approximate surface area is 169 Å². The molecule has 2 aromatic carbocycles. The molecule has 0 saturated carbocycles. The lowest BCUT2D eigenvalue weighted by molar-refractivity contribution is 0.0566. The Morgan fingerprint density at radius 3 is 2.62 bits per heavy atom. The molecule has 0 amide bonds. The molecule has 4 nitrogen and oxygen atoms in total. The number of rotatable bonds is 5. The number of para-hydroxylation sites is 1. The molecule has 2 heterocycles. The predicted molar refractivity (Wildman–Crippen MR) is 108 cm³/mol. The van der Waals surface area contributed by atoms with Crippen molar-refractivity contribution in [2.24, 2.45) is 0 Å². The van der Waals surface area contributed by atoms with Crippen LogP contribution in [0.5, 0.6) is 0 Å². The molecule has 8 heteroatoms. The SMILES string of the molecule is C[C@@H](Nc1c(Cl)cnc2ccccc12)c1cc(-c2cnn(C(F)F)c2)ccc1F.